The van der Waals surface area contributed by atoms with Gasteiger partial charge in [0.1, 0.15) is 0 Å². The Morgan fingerprint density at radius 3 is 2.58 bits per heavy atom. The van der Waals surface area contributed by atoms with Crippen LogP contribution in [0.5, 0.6) is 0 Å². The third-order valence-electron chi connectivity index (χ3n) is 1.26. The predicted octanol–water partition coefficient (Wildman–Crippen LogP) is 2.65. The van der Waals surface area contributed by atoms with Crippen LogP contribution in [0.1, 0.15) is 19.5 Å². The molecular weight excluding hydrogens is 148 g/mol. The first kappa shape index (κ1) is 10.7. The van der Waals surface area contributed by atoms with Crippen LogP contribution in [0.2, 0.25) is 0 Å². The van der Waals surface area contributed by atoms with E-state index in [1.807, 2.05) is 37.6 Å². The lowest BCUT2D eigenvalue weighted by Crippen LogP contribution is -1.86. The van der Waals surface area contributed by atoms with Crippen LogP contribution in [-0.2, 0) is 7.05 Å². The number of aryl methyl sites for hydroxylation is 1. The summed E-state index contributed by atoms with van der Waals surface area (Å²) in [5, 5.41) is 0. The van der Waals surface area contributed by atoms with Crippen LogP contribution < -0.4 is 0 Å². The van der Waals surface area contributed by atoms with Gasteiger partial charge in [-0.25, -0.2) is 4.98 Å². The highest BCUT2D eigenvalue weighted by Gasteiger charge is 1.88. The average Bonchev–Trinajstić information content (AvgIpc) is 2.51. The van der Waals surface area contributed by atoms with Gasteiger partial charge < -0.3 is 4.57 Å². The van der Waals surface area contributed by atoms with E-state index in [1.165, 1.54) is 0 Å². The highest BCUT2D eigenvalue weighted by molar-refractivity contribution is 5.45. The van der Waals surface area contributed by atoms with Crippen molar-refractivity contribution in [2.45, 2.75) is 13.8 Å². The number of aromatic nitrogens is 2. The summed E-state index contributed by atoms with van der Waals surface area (Å²) in [6.07, 6.45) is 9.16. The molecule has 0 amide bonds. The summed E-state index contributed by atoms with van der Waals surface area (Å²) in [5.74, 6) is 0. The monoisotopic (exact) mass is 164 g/mol. The molecule has 0 atom stereocenters. The van der Waals surface area contributed by atoms with Crippen LogP contribution in [0, 0.1) is 0 Å². The second-order valence-corrected chi connectivity index (χ2v) is 2.02. The maximum absolute atomic E-state index is 3.95. The summed E-state index contributed by atoms with van der Waals surface area (Å²) in [6, 6.07) is 0. The summed E-state index contributed by atoms with van der Waals surface area (Å²) in [4.78, 5) is 3.95. The summed E-state index contributed by atoms with van der Waals surface area (Å²) >= 11 is 0. The Morgan fingerprint density at radius 1 is 1.50 bits per heavy atom. The van der Waals surface area contributed by atoms with Crippen molar-refractivity contribution in [2.75, 3.05) is 0 Å². The molecule has 0 fully saturated rings. The quantitative estimate of drug-likeness (QED) is 0.614. The Hall–Kier alpha value is -1.31. The molecule has 2 heteroatoms. The molecule has 0 radical (unpaired) electrons. The third kappa shape index (κ3) is 3.19. The van der Waals surface area contributed by atoms with Gasteiger partial charge in [0, 0.05) is 7.05 Å². The van der Waals surface area contributed by atoms with Crippen LogP contribution in [-0.4, -0.2) is 9.55 Å². The van der Waals surface area contributed by atoms with Gasteiger partial charge in [0.25, 0.3) is 0 Å². The van der Waals surface area contributed by atoms with Crippen LogP contribution >= 0.6 is 0 Å². The van der Waals surface area contributed by atoms with E-state index in [0.29, 0.717) is 0 Å². The Bertz CT molecular complexity index is 246. The smallest absolute Gasteiger partial charge is 0.0948 e. The summed E-state index contributed by atoms with van der Waals surface area (Å²) in [6.45, 7) is 7.57. The van der Waals surface area contributed by atoms with Crippen LogP contribution in [0.25, 0.3) is 6.08 Å². The number of hydrogen-bond acceptors (Lipinski definition) is 1. The number of allylic oxidation sites excluding steroid dienone is 2. The maximum atomic E-state index is 3.95. The zero-order chi connectivity index (χ0) is 9.40. The molecule has 0 bridgehead atoms. The van der Waals surface area contributed by atoms with Gasteiger partial charge >= 0.3 is 0 Å². The molecule has 0 N–H and O–H groups in total. The van der Waals surface area contributed by atoms with Gasteiger partial charge in [-0.05, 0) is 6.08 Å². The van der Waals surface area contributed by atoms with Gasteiger partial charge in [0.15, 0.2) is 0 Å². The highest BCUT2D eigenvalue weighted by Crippen LogP contribution is 1.98. The molecule has 1 aromatic rings. The topological polar surface area (TPSA) is 17.8 Å². The molecule has 0 saturated carbocycles. The van der Waals surface area contributed by atoms with Crippen molar-refractivity contribution in [3.63, 3.8) is 0 Å². The molecule has 12 heavy (non-hydrogen) atoms. The molecular formula is C10H16N2. The van der Waals surface area contributed by atoms with Gasteiger partial charge in [0.2, 0.25) is 0 Å². The fraction of sp³-hybridized carbons (Fsp3) is 0.300. The Balaban J connectivity index is 0.000000561. The van der Waals surface area contributed by atoms with E-state index in [0.717, 1.165) is 5.69 Å². The Labute approximate surface area is 74.3 Å². The van der Waals surface area contributed by atoms with Gasteiger partial charge in [-0.1, -0.05) is 32.6 Å². The number of nitrogens with zero attached hydrogens (tertiary/aromatic N) is 2. The van der Waals surface area contributed by atoms with E-state index < -0.39 is 0 Å². The van der Waals surface area contributed by atoms with E-state index >= 15 is 0 Å². The maximum Gasteiger partial charge on any atom is 0.0948 e. The summed E-state index contributed by atoms with van der Waals surface area (Å²) < 4.78 is 1.94. The highest BCUT2D eigenvalue weighted by atomic mass is 15.0. The van der Waals surface area contributed by atoms with E-state index in [2.05, 4.69) is 11.6 Å². The van der Waals surface area contributed by atoms with Crippen molar-refractivity contribution in [1.82, 2.24) is 9.55 Å². The third-order valence-corrected chi connectivity index (χ3v) is 1.26. The average molecular weight is 164 g/mol. The zero-order valence-electron chi connectivity index (χ0n) is 7.99. The minimum absolute atomic E-state index is 1.08. The molecule has 1 rings (SSSR count). The first-order chi connectivity index (χ1) is 5.84. The summed E-state index contributed by atoms with van der Waals surface area (Å²) in [7, 11) is 1.95. The van der Waals surface area contributed by atoms with E-state index in [1.54, 1.807) is 18.6 Å². The standard InChI is InChI=1S/C8H10N2.C2H6/c1-3-4-5-8-6-9-7-10(8)2;1-2/h3-7H,1H2,2H3;1-2H3/b5-4-;. The lowest BCUT2D eigenvalue weighted by atomic mass is 10.4. The molecule has 0 saturated heterocycles. The van der Waals surface area contributed by atoms with Crippen molar-refractivity contribution >= 4 is 6.08 Å². The van der Waals surface area contributed by atoms with Crippen molar-refractivity contribution in [2.24, 2.45) is 7.05 Å². The largest absolute Gasteiger partial charge is 0.334 e. The molecule has 0 aromatic carbocycles. The molecule has 2 nitrogen and oxygen atoms in total. The number of rotatable bonds is 2. The first-order valence-electron chi connectivity index (χ1n) is 4.10. The van der Waals surface area contributed by atoms with Crippen molar-refractivity contribution in [1.29, 1.82) is 0 Å². The zero-order valence-corrected chi connectivity index (χ0v) is 7.99. The first-order valence-corrected chi connectivity index (χ1v) is 4.10. The minimum Gasteiger partial charge on any atom is -0.334 e. The number of hydrogen-bond donors (Lipinski definition) is 0. The molecule has 66 valence electrons. The molecule has 0 unspecified atom stereocenters. The van der Waals surface area contributed by atoms with Crippen LogP contribution in [0.15, 0.2) is 31.3 Å². The van der Waals surface area contributed by atoms with Crippen molar-refractivity contribution in [3.8, 4) is 0 Å². The molecule has 0 spiro atoms. The lowest BCUT2D eigenvalue weighted by molar-refractivity contribution is 0.902. The molecule has 1 heterocycles. The Morgan fingerprint density at radius 2 is 2.17 bits per heavy atom. The van der Waals surface area contributed by atoms with Crippen LogP contribution in [0.4, 0.5) is 0 Å². The molecule has 0 aliphatic rings. The van der Waals surface area contributed by atoms with Crippen molar-refractivity contribution < 1.29 is 0 Å². The summed E-state index contributed by atoms with van der Waals surface area (Å²) in [5.41, 5.74) is 1.08. The second kappa shape index (κ2) is 6.40. The van der Waals surface area contributed by atoms with Gasteiger partial charge in [-0.2, -0.15) is 0 Å². The van der Waals surface area contributed by atoms with Crippen LogP contribution in [0.3, 0.4) is 0 Å². The SMILES string of the molecule is C=C/C=C\c1cncn1C.CC. The van der Waals surface area contributed by atoms with E-state index in [4.69, 9.17) is 0 Å². The van der Waals surface area contributed by atoms with E-state index in [9.17, 15) is 0 Å². The van der Waals surface area contributed by atoms with E-state index in [-0.39, 0.29) is 0 Å². The normalized spacial score (nSPS) is 9.25. The lowest BCUT2D eigenvalue weighted by Gasteiger charge is -1.90. The fourth-order valence-electron chi connectivity index (χ4n) is 0.695. The number of imidazole rings is 1. The van der Waals surface area contributed by atoms with Gasteiger partial charge in [-0.15, -0.1) is 0 Å². The van der Waals surface area contributed by atoms with Gasteiger partial charge in [-0.3, -0.25) is 0 Å². The fourth-order valence-corrected chi connectivity index (χ4v) is 0.695. The Kier molecular flexibility index (Phi) is 5.70. The molecule has 0 aliphatic heterocycles. The van der Waals surface area contributed by atoms with Crippen molar-refractivity contribution in [3.05, 3.63) is 36.9 Å². The minimum atomic E-state index is 1.08. The van der Waals surface area contributed by atoms with Gasteiger partial charge in [0.05, 0.1) is 18.2 Å². The molecule has 0 aliphatic carbocycles. The predicted molar refractivity (Wildman–Crippen MR) is 53.8 cm³/mol. The second-order valence-electron chi connectivity index (χ2n) is 2.02. The molecule has 1 aromatic heterocycles.